The molecule has 0 fully saturated rings. The van der Waals surface area contributed by atoms with Gasteiger partial charge in [0.05, 0.1) is 18.3 Å². The molecular formula is C23H17Cl2N3O4. The quantitative estimate of drug-likeness (QED) is 0.235. The van der Waals surface area contributed by atoms with Gasteiger partial charge in [0, 0.05) is 21.2 Å². The van der Waals surface area contributed by atoms with Crippen LogP contribution in [-0.2, 0) is 4.79 Å². The van der Waals surface area contributed by atoms with E-state index in [2.05, 4.69) is 15.8 Å². The smallest absolute Gasteiger partial charge is 0.343 e. The fraction of sp³-hybridized carbons (Fsp3) is 0.0435. The molecule has 0 aliphatic heterocycles. The van der Waals surface area contributed by atoms with Crippen LogP contribution in [-0.4, -0.2) is 30.5 Å². The van der Waals surface area contributed by atoms with E-state index < -0.39 is 17.8 Å². The minimum Gasteiger partial charge on any atom is -0.422 e. The fourth-order valence-electron chi connectivity index (χ4n) is 2.53. The van der Waals surface area contributed by atoms with Crippen molar-refractivity contribution >= 4 is 47.2 Å². The second-order valence-electron chi connectivity index (χ2n) is 6.42. The van der Waals surface area contributed by atoms with E-state index in [0.717, 1.165) is 0 Å². The SMILES string of the molecule is O=C(CNC(=O)c1cccc(Cl)c1)N/N=C\c1ccccc1OC(=O)c1ccc(Cl)cc1. The van der Waals surface area contributed by atoms with Crippen LogP contribution >= 0.6 is 23.2 Å². The summed E-state index contributed by atoms with van der Waals surface area (Å²) in [5.41, 5.74) is 3.45. The Labute approximate surface area is 194 Å². The zero-order chi connectivity index (χ0) is 22.9. The summed E-state index contributed by atoms with van der Waals surface area (Å²) in [7, 11) is 0. The van der Waals surface area contributed by atoms with Crippen molar-refractivity contribution in [3.63, 3.8) is 0 Å². The Morgan fingerprint density at radius 1 is 0.875 bits per heavy atom. The Morgan fingerprint density at radius 2 is 1.62 bits per heavy atom. The summed E-state index contributed by atoms with van der Waals surface area (Å²) in [6, 6.07) is 19.3. The Morgan fingerprint density at radius 3 is 2.38 bits per heavy atom. The highest BCUT2D eigenvalue weighted by molar-refractivity contribution is 6.31. The third kappa shape index (κ3) is 6.66. The largest absolute Gasteiger partial charge is 0.422 e. The van der Waals surface area contributed by atoms with Crippen LogP contribution in [0.2, 0.25) is 10.0 Å². The number of carbonyl (C=O) groups is 3. The molecule has 3 aromatic carbocycles. The first-order valence-corrected chi connectivity index (χ1v) is 10.1. The lowest BCUT2D eigenvalue weighted by molar-refractivity contribution is -0.120. The summed E-state index contributed by atoms with van der Waals surface area (Å²) in [6.45, 7) is -0.282. The first-order valence-electron chi connectivity index (χ1n) is 9.35. The van der Waals surface area contributed by atoms with Gasteiger partial charge < -0.3 is 10.1 Å². The Kier molecular flexibility index (Phi) is 7.96. The van der Waals surface area contributed by atoms with Crippen molar-refractivity contribution in [1.82, 2.24) is 10.7 Å². The lowest BCUT2D eigenvalue weighted by Gasteiger charge is -2.07. The van der Waals surface area contributed by atoms with E-state index in [1.807, 2.05) is 0 Å². The van der Waals surface area contributed by atoms with Crippen LogP contribution in [0.25, 0.3) is 0 Å². The third-order valence-electron chi connectivity index (χ3n) is 4.09. The van der Waals surface area contributed by atoms with Crippen LogP contribution in [0.3, 0.4) is 0 Å². The molecule has 2 N–H and O–H groups in total. The number of rotatable bonds is 7. The molecule has 2 amide bonds. The molecule has 0 bridgehead atoms. The molecular weight excluding hydrogens is 453 g/mol. The summed E-state index contributed by atoms with van der Waals surface area (Å²) in [4.78, 5) is 36.3. The normalized spacial score (nSPS) is 10.6. The number of halogens is 2. The highest BCUT2D eigenvalue weighted by Gasteiger charge is 2.11. The molecule has 0 spiro atoms. The third-order valence-corrected chi connectivity index (χ3v) is 4.58. The molecule has 0 atom stereocenters. The summed E-state index contributed by atoms with van der Waals surface area (Å²) in [5, 5.41) is 7.25. The van der Waals surface area contributed by atoms with Crippen molar-refractivity contribution in [2.75, 3.05) is 6.54 Å². The van der Waals surface area contributed by atoms with Crippen molar-refractivity contribution in [2.24, 2.45) is 5.10 Å². The molecule has 0 aliphatic rings. The highest BCUT2D eigenvalue weighted by atomic mass is 35.5. The maximum absolute atomic E-state index is 12.3. The minimum atomic E-state index is -0.560. The highest BCUT2D eigenvalue weighted by Crippen LogP contribution is 2.18. The molecule has 3 rings (SSSR count). The predicted molar refractivity (Wildman–Crippen MR) is 122 cm³/mol. The number of hydrogen-bond donors (Lipinski definition) is 2. The molecule has 0 aliphatic carbocycles. The first-order chi connectivity index (χ1) is 15.4. The van der Waals surface area contributed by atoms with Crippen LogP contribution in [0.4, 0.5) is 0 Å². The fourth-order valence-corrected chi connectivity index (χ4v) is 2.85. The molecule has 7 nitrogen and oxygen atoms in total. The Balaban J connectivity index is 1.55. The standard InChI is InChI=1S/C23H17Cl2N3O4/c24-18-10-8-15(9-11-18)23(31)32-20-7-2-1-4-17(20)13-27-28-21(29)14-26-22(30)16-5-3-6-19(25)12-16/h1-13H,14H2,(H,26,30)(H,28,29)/b27-13-. The molecule has 32 heavy (non-hydrogen) atoms. The molecule has 0 saturated heterocycles. The van der Waals surface area contributed by atoms with Crippen molar-refractivity contribution in [2.45, 2.75) is 0 Å². The van der Waals surface area contributed by atoms with E-state index in [1.54, 1.807) is 66.7 Å². The Bertz CT molecular complexity index is 1160. The number of ether oxygens (including phenoxy) is 1. The molecule has 9 heteroatoms. The van der Waals surface area contributed by atoms with E-state index in [-0.39, 0.29) is 12.3 Å². The lowest BCUT2D eigenvalue weighted by Crippen LogP contribution is -2.34. The van der Waals surface area contributed by atoms with Gasteiger partial charge in [0.1, 0.15) is 5.75 Å². The average molecular weight is 470 g/mol. The molecule has 0 heterocycles. The van der Waals surface area contributed by atoms with Crippen molar-refractivity contribution in [3.05, 3.63) is 99.5 Å². The minimum absolute atomic E-state index is 0.264. The second kappa shape index (κ2) is 11.1. The average Bonchev–Trinajstić information content (AvgIpc) is 2.79. The summed E-state index contributed by atoms with van der Waals surface area (Å²) in [6.07, 6.45) is 1.33. The number of para-hydroxylation sites is 1. The number of nitrogens with zero attached hydrogens (tertiary/aromatic N) is 1. The predicted octanol–water partition coefficient (Wildman–Crippen LogP) is 4.09. The van der Waals surface area contributed by atoms with E-state index in [4.69, 9.17) is 27.9 Å². The molecule has 0 saturated carbocycles. The van der Waals surface area contributed by atoms with Crippen LogP contribution in [0.5, 0.6) is 5.75 Å². The van der Waals surface area contributed by atoms with Crippen LogP contribution in [0.1, 0.15) is 26.3 Å². The van der Waals surface area contributed by atoms with Gasteiger partial charge in [-0.25, -0.2) is 10.2 Å². The number of hydrogen-bond acceptors (Lipinski definition) is 5. The molecule has 0 radical (unpaired) electrons. The van der Waals surface area contributed by atoms with Gasteiger partial charge in [0.2, 0.25) is 0 Å². The van der Waals surface area contributed by atoms with Crippen LogP contribution < -0.4 is 15.5 Å². The lowest BCUT2D eigenvalue weighted by atomic mass is 10.2. The number of hydrazone groups is 1. The van der Waals surface area contributed by atoms with Gasteiger partial charge in [0.15, 0.2) is 0 Å². The number of nitrogens with one attached hydrogen (secondary N) is 2. The number of amides is 2. The van der Waals surface area contributed by atoms with Crippen molar-refractivity contribution in [1.29, 1.82) is 0 Å². The van der Waals surface area contributed by atoms with Gasteiger partial charge in [-0.15, -0.1) is 0 Å². The van der Waals surface area contributed by atoms with E-state index in [1.165, 1.54) is 12.3 Å². The second-order valence-corrected chi connectivity index (χ2v) is 7.29. The molecule has 3 aromatic rings. The maximum Gasteiger partial charge on any atom is 0.343 e. The van der Waals surface area contributed by atoms with Gasteiger partial charge in [-0.2, -0.15) is 5.10 Å². The summed E-state index contributed by atoms with van der Waals surface area (Å²) in [5.74, 6) is -1.27. The van der Waals surface area contributed by atoms with Crippen LogP contribution in [0.15, 0.2) is 77.9 Å². The van der Waals surface area contributed by atoms with E-state index >= 15 is 0 Å². The monoisotopic (exact) mass is 469 g/mol. The zero-order valence-electron chi connectivity index (χ0n) is 16.5. The molecule has 0 unspecified atom stereocenters. The summed E-state index contributed by atoms with van der Waals surface area (Å²) < 4.78 is 5.41. The van der Waals surface area contributed by atoms with Gasteiger partial charge in [-0.05, 0) is 54.6 Å². The van der Waals surface area contributed by atoms with E-state index in [0.29, 0.717) is 26.7 Å². The number of carbonyl (C=O) groups excluding carboxylic acids is 3. The van der Waals surface area contributed by atoms with Gasteiger partial charge in [-0.3, -0.25) is 9.59 Å². The molecule has 162 valence electrons. The topological polar surface area (TPSA) is 96.9 Å². The number of benzene rings is 3. The van der Waals surface area contributed by atoms with E-state index in [9.17, 15) is 14.4 Å². The van der Waals surface area contributed by atoms with Gasteiger partial charge in [0.25, 0.3) is 11.8 Å². The van der Waals surface area contributed by atoms with Crippen molar-refractivity contribution < 1.29 is 19.1 Å². The number of esters is 1. The first kappa shape index (κ1) is 23.0. The van der Waals surface area contributed by atoms with Crippen molar-refractivity contribution in [3.8, 4) is 5.75 Å². The van der Waals surface area contributed by atoms with Gasteiger partial charge in [-0.1, -0.05) is 41.4 Å². The zero-order valence-corrected chi connectivity index (χ0v) is 18.1. The molecule has 0 aromatic heterocycles. The van der Waals surface area contributed by atoms with Gasteiger partial charge >= 0.3 is 5.97 Å². The summed E-state index contributed by atoms with van der Waals surface area (Å²) >= 11 is 11.7. The Hall–Kier alpha value is -3.68. The van der Waals surface area contributed by atoms with Crippen LogP contribution in [0, 0.1) is 0 Å². The maximum atomic E-state index is 12.3.